The molecular formula is C32H38F3N3O4P+. The molecule has 0 bridgehead atoms. The van der Waals surface area contributed by atoms with E-state index in [1.54, 1.807) is 5.32 Å². The summed E-state index contributed by atoms with van der Waals surface area (Å²) in [5.41, 5.74) is 1.21. The Morgan fingerprint density at radius 1 is 0.605 bits per heavy atom. The van der Waals surface area contributed by atoms with Crippen LogP contribution in [0.5, 0.6) is 0 Å². The number of rotatable bonds is 14. The van der Waals surface area contributed by atoms with E-state index in [9.17, 15) is 27.6 Å². The van der Waals surface area contributed by atoms with Gasteiger partial charge >= 0.3 is 24.2 Å². The highest BCUT2D eigenvalue weighted by molar-refractivity contribution is 7.95. The van der Waals surface area contributed by atoms with E-state index < -0.39 is 31.5 Å². The molecule has 43 heavy (non-hydrogen) atoms. The number of amides is 4. The molecule has 0 aromatic heterocycles. The smallest absolute Gasteiger partial charge is 0.338 e. The molecule has 3 aromatic carbocycles. The number of hydrogen-bond donors (Lipinski definition) is 3. The third-order valence-electron chi connectivity index (χ3n) is 6.99. The van der Waals surface area contributed by atoms with Crippen LogP contribution in [0.1, 0.15) is 51.4 Å². The summed E-state index contributed by atoms with van der Waals surface area (Å²) in [5.74, 6) is -2.59. The maximum atomic E-state index is 12.0. The number of halogens is 3. The lowest BCUT2D eigenvalue weighted by Gasteiger charge is -2.27. The van der Waals surface area contributed by atoms with Crippen LogP contribution in [0.25, 0.3) is 0 Å². The molecule has 0 saturated heterocycles. The van der Waals surface area contributed by atoms with Crippen molar-refractivity contribution < 1.29 is 32.4 Å². The molecule has 0 spiro atoms. The van der Waals surface area contributed by atoms with Gasteiger partial charge in [-0.3, -0.25) is 5.32 Å². The lowest BCUT2D eigenvalue weighted by atomic mass is 10.1. The molecule has 0 heterocycles. The highest BCUT2D eigenvalue weighted by Crippen LogP contribution is 2.56. The van der Waals surface area contributed by atoms with Gasteiger partial charge in [0.1, 0.15) is 23.2 Å². The Morgan fingerprint density at radius 2 is 1.02 bits per heavy atom. The van der Waals surface area contributed by atoms with Crippen LogP contribution in [0.4, 0.5) is 22.8 Å². The van der Waals surface area contributed by atoms with Crippen molar-refractivity contribution in [1.29, 1.82) is 0 Å². The van der Waals surface area contributed by atoms with Gasteiger partial charge in [0.15, 0.2) is 0 Å². The zero-order chi connectivity index (χ0) is 31.0. The van der Waals surface area contributed by atoms with Gasteiger partial charge in [-0.1, -0.05) is 86.7 Å². The molecule has 0 fully saturated rings. The molecule has 230 valence electrons. The average Bonchev–Trinajstić information content (AvgIpc) is 3.01. The largest absolute Gasteiger partial charge is 0.493 e. The van der Waals surface area contributed by atoms with Gasteiger partial charge < -0.3 is 10.2 Å². The van der Waals surface area contributed by atoms with Crippen LogP contribution in [-0.2, 0) is 9.63 Å². The molecule has 0 unspecified atom stereocenters. The highest BCUT2D eigenvalue weighted by atomic mass is 31.2. The summed E-state index contributed by atoms with van der Waals surface area (Å²) >= 11 is 0. The van der Waals surface area contributed by atoms with E-state index in [0.29, 0.717) is 13.0 Å². The van der Waals surface area contributed by atoms with Crippen molar-refractivity contribution in [2.75, 3.05) is 12.7 Å². The number of urea groups is 2. The lowest BCUT2D eigenvalue weighted by molar-refractivity contribution is -0.204. The van der Waals surface area contributed by atoms with Gasteiger partial charge in [0, 0.05) is 6.54 Å². The summed E-state index contributed by atoms with van der Waals surface area (Å²) in [5, 5.41) is 8.36. The van der Waals surface area contributed by atoms with Crippen molar-refractivity contribution in [3.05, 3.63) is 91.0 Å². The van der Waals surface area contributed by atoms with E-state index in [-0.39, 0.29) is 0 Å². The Morgan fingerprint density at radius 3 is 1.47 bits per heavy atom. The predicted molar refractivity (Wildman–Crippen MR) is 164 cm³/mol. The third-order valence-corrected chi connectivity index (χ3v) is 11.5. The molecular weight excluding hydrogens is 578 g/mol. The Bertz CT molecular complexity index is 1180. The minimum atomic E-state index is -5.25. The number of hydroxylamine groups is 1. The van der Waals surface area contributed by atoms with Gasteiger partial charge in [-0.25, -0.2) is 14.4 Å². The summed E-state index contributed by atoms with van der Waals surface area (Å²) in [6, 6.07) is 30.4. The molecule has 0 saturated carbocycles. The second kappa shape index (κ2) is 17.3. The number of nitrogens with one attached hydrogen (secondary N) is 3. The zero-order valence-electron chi connectivity index (χ0n) is 23.9. The summed E-state index contributed by atoms with van der Waals surface area (Å²) in [6.07, 6.45) is 4.08. The Kier molecular flexibility index (Phi) is 13.5. The van der Waals surface area contributed by atoms with Crippen molar-refractivity contribution in [1.82, 2.24) is 16.1 Å². The fraction of sp³-hybridized carbons (Fsp3) is 0.344. The summed E-state index contributed by atoms with van der Waals surface area (Å²) in [4.78, 5) is 37.0. The second-order valence-electron chi connectivity index (χ2n) is 10.1. The monoisotopic (exact) mass is 616 g/mol. The van der Waals surface area contributed by atoms with Gasteiger partial charge in [0.25, 0.3) is 0 Å². The number of imide groups is 1. The van der Waals surface area contributed by atoms with Crippen molar-refractivity contribution >= 4 is 41.2 Å². The Balaban J connectivity index is 1.35. The zero-order valence-corrected chi connectivity index (χ0v) is 24.8. The van der Waals surface area contributed by atoms with Crippen molar-refractivity contribution in [3.8, 4) is 0 Å². The van der Waals surface area contributed by atoms with E-state index in [1.807, 2.05) is 0 Å². The molecule has 0 aliphatic carbocycles. The van der Waals surface area contributed by atoms with Crippen LogP contribution in [-0.4, -0.2) is 36.9 Å². The maximum Gasteiger partial charge on any atom is 0.493 e. The van der Waals surface area contributed by atoms with E-state index in [1.165, 1.54) is 21.4 Å². The number of carbonyl (C=O) groups excluding carboxylic acids is 3. The number of benzene rings is 3. The quantitative estimate of drug-likeness (QED) is 0.115. The molecule has 0 radical (unpaired) electrons. The van der Waals surface area contributed by atoms with Crippen molar-refractivity contribution in [3.63, 3.8) is 0 Å². The summed E-state index contributed by atoms with van der Waals surface area (Å²) in [6.45, 7) is 0.297. The van der Waals surface area contributed by atoms with E-state index in [0.717, 1.165) is 51.1 Å². The van der Waals surface area contributed by atoms with Gasteiger partial charge in [0.05, 0.1) is 6.16 Å². The molecule has 3 N–H and O–H groups in total. The Labute approximate surface area is 250 Å². The standard InChI is InChI=1S/C32H37F3N3O4P/c33-32(34,35)29(39)42-38-31(41)37-30(40)36-24-16-5-3-1-2-4-6-17-25-43(26-18-10-7-11-19-26,27-20-12-8-13-21-27)28-22-14-9-15-23-28/h7-15,18-23H,1-6,16-17,24-25H2,(H2-,36,37,38,40,41)/p+1. The topological polar surface area (TPSA) is 96.5 Å². The summed E-state index contributed by atoms with van der Waals surface area (Å²) in [7, 11) is -1.79. The lowest BCUT2D eigenvalue weighted by Crippen LogP contribution is -2.46. The van der Waals surface area contributed by atoms with Crippen molar-refractivity contribution in [2.45, 2.75) is 57.5 Å². The van der Waals surface area contributed by atoms with E-state index >= 15 is 0 Å². The number of unbranched alkanes of at least 4 members (excludes halogenated alkanes) is 7. The van der Waals surface area contributed by atoms with Gasteiger partial charge in [-0.2, -0.15) is 18.7 Å². The van der Waals surface area contributed by atoms with Gasteiger partial charge in [-0.05, 0) is 55.7 Å². The minimum absolute atomic E-state index is 0.297. The normalized spacial score (nSPS) is 11.4. The first-order valence-corrected chi connectivity index (χ1v) is 16.4. The fourth-order valence-electron chi connectivity index (χ4n) is 4.94. The molecule has 0 aliphatic rings. The second-order valence-corrected chi connectivity index (χ2v) is 13.7. The number of hydrogen-bond acceptors (Lipinski definition) is 4. The molecule has 11 heteroatoms. The number of carbonyl (C=O) groups is 3. The third kappa shape index (κ3) is 10.7. The molecule has 3 rings (SSSR count). The summed E-state index contributed by atoms with van der Waals surface area (Å²) < 4.78 is 36.1. The first-order valence-electron chi connectivity index (χ1n) is 14.4. The van der Waals surface area contributed by atoms with Crippen LogP contribution >= 0.6 is 7.26 Å². The van der Waals surface area contributed by atoms with Gasteiger partial charge in [-0.15, -0.1) is 0 Å². The molecule has 0 atom stereocenters. The van der Waals surface area contributed by atoms with Crippen LogP contribution in [0.2, 0.25) is 0 Å². The first kappa shape index (κ1) is 33.6. The minimum Gasteiger partial charge on any atom is -0.338 e. The SMILES string of the molecule is O=C(NCCCCCCCCCC[P+](c1ccccc1)(c1ccccc1)c1ccccc1)NC(=O)NOC(=O)C(F)(F)F. The Hall–Kier alpha value is -3.91. The predicted octanol–water partition coefficient (Wildman–Crippen LogP) is 6.13. The molecule has 4 amide bonds. The van der Waals surface area contributed by atoms with Crippen LogP contribution < -0.4 is 32.0 Å². The van der Waals surface area contributed by atoms with Crippen molar-refractivity contribution in [2.24, 2.45) is 0 Å². The molecule has 7 nitrogen and oxygen atoms in total. The van der Waals surface area contributed by atoms with Crippen LogP contribution in [0.3, 0.4) is 0 Å². The average molecular weight is 617 g/mol. The number of alkyl halides is 3. The van der Waals surface area contributed by atoms with E-state index in [4.69, 9.17) is 0 Å². The molecule has 3 aromatic rings. The molecule has 0 aliphatic heterocycles. The first-order chi connectivity index (χ1) is 20.7. The van der Waals surface area contributed by atoms with Crippen LogP contribution in [0, 0.1) is 0 Å². The van der Waals surface area contributed by atoms with E-state index in [2.05, 4.69) is 101 Å². The van der Waals surface area contributed by atoms with Gasteiger partial charge in [0.2, 0.25) is 0 Å². The fourth-order valence-corrected chi connectivity index (χ4v) is 9.35. The highest BCUT2D eigenvalue weighted by Gasteiger charge is 2.44. The maximum absolute atomic E-state index is 12.0. The van der Waals surface area contributed by atoms with Crippen LogP contribution in [0.15, 0.2) is 91.0 Å².